The molecule has 2 heterocycles. The second kappa shape index (κ2) is 4.09. The van der Waals surface area contributed by atoms with Gasteiger partial charge in [-0.1, -0.05) is 15.9 Å². The lowest BCUT2D eigenvalue weighted by molar-refractivity contribution is 0.0787. The molecule has 0 radical (unpaired) electrons. The molecule has 1 saturated heterocycles. The average Bonchev–Trinajstić information content (AvgIpc) is 2.69. The lowest BCUT2D eigenvalue weighted by Crippen LogP contribution is -2.28. The number of hydrogen-bond acceptors (Lipinski definition) is 2. The highest BCUT2D eigenvalue weighted by Gasteiger charge is 2.20. The van der Waals surface area contributed by atoms with Crippen LogP contribution in [0.4, 0.5) is 0 Å². The first-order valence-electron chi connectivity index (χ1n) is 4.68. The molecule has 1 fully saturated rings. The normalized spacial score (nSPS) is 15.9. The first-order valence-corrected chi connectivity index (χ1v) is 5.47. The molecule has 0 aromatic carbocycles. The third kappa shape index (κ3) is 1.95. The molecule has 1 aromatic rings. The predicted octanol–water partition coefficient (Wildman–Crippen LogP) is 2.08. The van der Waals surface area contributed by atoms with E-state index >= 15 is 0 Å². The Kier molecular flexibility index (Phi) is 2.82. The van der Waals surface area contributed by atoms with E-state index in [1.807, 2.05) is 11.0 Å². The van der Waals surface area contributed by atoms with E-state index in [0.29, 0.717) is 5.69 Å². The highest BCUT2D eigenvalue weighted by molar-refractivity contribution is 9.10. The summed E-state index contributed by atoms with van der Waals surface area (Å²) in [6, 6.07) is 3.58. The van der Waals surface area contributed by atoms with Gasteiger partial charge in [0.25, 0.3) is 5.91 Å². The molecule has 1 aliphatic rings. The fraction of sp³-hybridized carbons (Fsp3) is 0.400. The summed E-state index contributed by atoms with van der Waals surface area (Å²) in [7, 11) is 0. The molecule has 0 bridgehead atoms. The maximum atomic E-state index is 11.8. The molecule has 2 rings (SSSR count). The van der Waals surface area contributed by atoms with E-state index in [4.69, 9.17) is 0 Å². The predicted molar refractivity (Wildman–Crippen MR) is 57.1 cm³/mol. The molecular formula is C10H11BrN2O. The van der Waals surface area contributed by atoms with Crippen LogP contribution >= 0.6 is 15.9 Å². The van der Waals surface area contributed by atoms with Gasteiger partial charge in [-0.2, -0.15) is 0 Å². The highest BCUT2D eigenvalue weighted by Crippen LogP contribution is 2.14. The average molecular weight is 255 g/mol. The van der Waals surface area contributed by atoms with Gasteiger partial charge in [-0.25, -0.2) is 0 Å². The molecule has 0 saturated carbocycles. The van der Waals surface area contributed by atoms with Gasteiger partial charge in [0.15, 0.2) is 0 Å². The molecule has 0 spiro atoms. The Labute approximate surface area is 91.3 Å². The third-order valence-corrected chi connectivity index (χ3v) is 2.83. The summed E-state index contributed by atoms with van der Waals surface area (Å²) in [5, 5.41) is 0. The number of likely N-dealkylation sites (tertiary alicyclic amines) is 1. The van der Waals surface area contributed by atoms with Gasteiger partial charge in [0, 0.05) is 23.8 Å². The molecule has 0 N–H and O–H groups in total. The number of hydrogen-bond donors (Lipinski definition) is 0. The maximum absolute atomic E-state index is 11.8. The van der Waals surface area contributed by atoms with E-state index in [1.54, 1.807) is 12.3 Å². The zero-order valence-electron chi connectivity index (χ0n) is 7.74. The van der Waals surface area contributed by atoms with Crippen molar-refractivity contribution in [3.63, 3.8) is 0 Å². The number of carbonyl (C=O) groups is 1. The van der Waals surface area contributed by atoms with E-state index < -0.39 is 0 Å². The quantitative estimate of drug-likeness (QED) is 0.769. The Bertz CT molecular complexity index is 348. The van der Waals surface area contributed by atoms with E-state index in [-0.39, 0.29) is 5.91 Å². The molecule has 0 aliphatic carbocycles. The lowest BCUT2D eigenvalue weighted by Gasteiger charge is -2.14. The Balaban J connectivity index is 2.17. The number of nitrogens with zero attached hydrogens (tertiary/aromatic N) is 2. The van der Waals surface area contributed by atoms with Crippen molar-refractivity contribution in [1.29, 1.82) is 0 Å². The van der Waals surface area contributed by atoms with Gasteiger partial charge < -0.3 is 4.90 Å². The van der Waals surface area contributed by atoms with Crippen molar-refractivity contribution in [2.75, 3.05) is 13.1 Å². The number of pyridine rings is 1. The van der Waals surface area contributed by atoms with E-state index in [0.717, 1.165) is 30.4 Å². The molecule has 4 heteroatoms. The van der Waals surface area contributed by atoms with Gasteiger partial charge in [-0.3, -0.25) is 9.78 Å². The van der Waals surface area contributed by atoms with Crippen molar-refractivity contribution < 1.29 is 4.79 Å². The van der Waals surface area contributed by atoms with Crippen LogP contribution in [0.3, 0.4) is 0 Å². The molecule has 1 amide bonds. The van der Waals surface area contributed by atoms with Crippen molar-refractivity contribution in [1.82, 2.24) is 9.88 Å². The standard InChI is InChI=1S/C10H11BrN2O/c11-8-3-4-12-9(7-8)10(14)13-5-1-2-6-13/h3-4,7H,1-2,5-6H2. The number of rotatable bonds is 1. The van der Waals surface area contributed by atoms with Crippen LogP contribution in [0, 0.1) is 0 Å². The first kappa shape index (κ1) is 9.65. The fourth-order valence-electron chi connectivity index (χ4n) is 1.60. The largest absolute Gasteiger partial charge is 0.337 e. The molecule has 0 atom stereocenters. The summed E-state index contributed by atoms with van der Waals surface area (Å²) < 4.78 is 0.898. The van der Waals surface area contributed by atoms with Crippen LogP contribution < -0.4 is 0 Å². The Hall–Kier alpha value is -0.900. The van der Waals surface area contributed by atoms with Crippen molar-refractivity contribution in [3.05, 3.63) is 28.5 Å². The van der Waals surface area contributed by atoms with Crippen LogP contribution in [0.25, 0.3) is 0 Å². The van der Waals surface area contributed by atoms with Crippen LogP contribution in [-0.2, 0) is 0 Å². The number of amides is 1. The van der Waals surface area contributed by atoms with Crippen LogP contribution in [0.2, 0.25) is 0 Å². The molecule has 3 nitrogen and oxygen atoms in total. The minimum atomic E-state index is 0.0452. The monoisotopic (exact) mass is 254 g/mol. The zero-order valence-corrected chi connectivity index (χ0v) is 9.33. The van der Waals surface area contributed by atoms with Crippen molar-refractivity contribution in [3.8, 4) is 0 Å². The summed E-state index contributed by atoms with van der Waals surface area (Å²) >= 11 is 3.33. The molecule has 0 unspecified atom stereocenters. The van der Waals surface area contributed by atoms with Crippen molar-refractivity contribution >= 4 is 21.8 Å². The molecule has 74 valence electrons. The van der Waals surface area contributed by atoms with Gasteiger partial charge in [0.05, 0.1) is 0 Å². The minimum absolute atomic E-state index is 0.0452. The second-order valence-corrected chi connectivity index (χ2v) is 4.27. The summed E-state index contributed by atoms with van der Waals surface area (Å²) in [5.74, 6) is 0.0452. The Morgan fingerprint density at radius 1 is 1.43 bits per heavy atom. The summed E-state index contributed by atoms with van der Waals surface area (Å²) in [6.45, 7) is 1.74. The van der Waals surface area contributed by atoms with Crippen molar-refractivity contribution in [2.45, 2.75) is 12.8 Å². The highest BCUT2D eigenvalue weighted by atomic mass is 79.9. The van der Waals surface area contributed by atoms with Crippen LogP contribution in [0.5, 0.6) is 0 Å². The van der Waals surface area contributed by atoms with Gasteiger partial charge >= 0.3 is 0 Å². The Morgan fingerprint density at radius 3 is 2.79 bits per heavy atom. The fourth-order valence-corrected chi connectivity index (χ4v) is 1.94. The summed E-state index contributed by atoms with van der Waals surface area (Å²) in [5.41, 5.74) is 0.529. The number of aromatic nitrogens is 1. The Morgan fingerprint density at radius 2 is 2.14 bits per heavy atom. The molecule has 14 heavy (non-hydrogen) atoms. The summed E-state index contributed by atoms with van der Waals surface area (Å²) in [6.07, 6.45) is 3.87. The van der Waals surface area contributed by atoms with Crippen LogP contribution in [0.1, 0.15) is 23.3 Å². The van der Waals surface area contributed by atoms with Gasteiger partial charge in [-0.05, 0) is 25.0 Å². The van der Waals surface area contributed by atoms with Gasteiger partial charge in [0.1, 0.15) is 5.69 Å². The molecular weight excluding hydrogens is 244 g/mol. The topological polar surface area (TPSA) is 33.2 Å². The number of carbonyl (C=O) groups excluding carboxylic acids is 1. The van der Waals surface area contributed by atoms with E-state index in [2.05, 4.69) is 20.9 Å². The summed E-state index contributed by atoms with van der Waals surface area (Å²) in [4.78, 5) is 17.8. The zero-order chi connectivity index (χ0) is 9.97. The maximum Gasteiger partial charge on any atom is 0.272 e. The smallest absolute Gasteiger partial charge is 0.272 e. The molecule has 1 aromatic heterocycles. The lowest BCUT2D eigenvalue weighted by atomic mass is 10.3. The number of halogens is 1. The second-order valence-electron chi connectivity index (χ2n) is 3.36. The van der Waals surface area contributed by atoms with Gasteiger partial charge in [-0.15, -0.1) is 0 Å². The van der Waals surface area contributed by atoms with E-state index in [1.165, 1.54) is 0 Å². The first-order chi connectivity index (χ1) is 6.77. The van der Waals surface area contributed by atoms with Crippen molar-refractivity contribution in [2.24, 2.45) is 0 Å². The molecule has 1 aliphatic heterocycles. The SMILES string of the molecule is O=C(c1cc(Br)ccn1)N1CCCC1. The van der Waals surface area contributed by atoms with Gasteiger partial charge in [0.2, 0.25) is 0 Å². The third-order valence-electron chi connectivity index (χ3n) is 2.33. The van der Waals surface area contributed by atoms with E-state index in [9.17, 15) is 4.79 Å². The van der Waals surface area contributed by atoms with Crippen LogP contribution in [0.15, 0.2) is 22.8 Å². The van der Waals surface area contributed by atoms with Crippen LogP contribution in [-0.4, -0.2) is 28.9 Å². The minimum Gasteiger partial charge on any atom is -0.337 e.